The highest BCUT2D eigenvalue weighted by atomic mass is 32.1. The second-order valence-electron chi connectivity index (χ2n) is 6.00. The fraction of sp³-hybridized carbons (Fsp3) is 0.688. The number of unbranched alkanes of at least 4 members (excludes halogenated alkanes) is 1. The molecule has 0 spiro atoms. The molecule has 0 fully saturated rings. The summed E-state index contributed by atoms with van der Waals surface area (Å²) < 4.78 is 0. The second kappa shape index (κ2) is 7.07. The van der Waals surface area contributed by atoms with Crippen LogP contribution in [0.2, 0.25) is 0 Å². The maximum absolute atomic E-state index is 8.96. The smallest absolute Gasteiger partial charge is 0.0683 e. The minimum atomic E-state index is -0.174. The number of aryl methyl sites for hydroxylation is 2. The Morgan fingerprint density at radius 2 is 2.05 bits per heavy atom. The molecule has 1 rings (SSSR count). The summed E-state index contributed by atoms with van der Waals surface area (Å²) in [4.78, 5) is 2.81. The molecule has 0 saturated heterocycles. The molecule has 106 valence electrons. The van der Waals surface area contributed by atoms with Crippen LogP contribution < -0.4 is 5.32 Å². The van der Waals surface area contributed by atoms with E-state index in [4.69, 9.17) is 5.26 Å². The van der Waals surface area contributed by atoms with Crippen LogP contribution in [-0.2, 0) is 0 Å². The average Bonchev–Trinajstić information content (AvgIpc) is 2.68. The highest BCUT2D eigenvalue weighted by Gasteiger charge is 2.15. The van der Waals surface area contributed by atoms with Crippen molar-refractivity contribution in [2.75, 3.05) is 6.54 Å². The summed E-state index contributed by atoms with van der Waals surface area (Å²) in [5, 5.41) is 12.5. The summed E-state index contributed by atoms with van der Waals surface area (Å²) >= 11 is 1.87. The van der Waals surface area contributed by atoms with Crippen molar-refractivity contribution in [3.05, 3.63) is 21.4 Å². The van der Waals surface area contributed by atoms with Gasteiger partial charge in [0.1, 0.15) is 0 Å². The van der Waals surface area contributed by atoms with Crippen molar-refractivity contribution in [1.82, 2.24) is 5.32 Å². The third kappa shape index (κ3) is 5.34. The van der Waals surface area contributed by atoms with Crippen molar-refractivity contribution in [3.8, 4) is 6.07 Å². The standard InChI is InChI=1S/C16H26N2S/c1-12-10-15(14(3)19-12)13(2)18-9-7-6-8-16(4,5)11-17/h10,13,18H,6-9H2,1-5H3. The van der Waals surface area contributed by atoms with E-state index >= 15 is 0 Å². The molecule has 0 aliphatic carbocycles. The summed E-state index contributed by atoms with van der Waals surface area (Å²) in [7, 11) is 0. The van der Waals surface area contributed by atoms with Gasteiger partial charge in [-0.1, -0.05) is 6.42 Å². The SMILES string of the molecule is Cc1cc(C(C)NCCCCC(C)(C)C#N)c(C)s1. The zero-order chi connectivity index (χ0) is 14.5. The highest BCUT2D eigenvalue weighted by molar-refractivity contribution is 7.12. The topological polar surface area (TPSA) is 35.8 Å². The van der Waals surface area contributed by atoms with Crippen LogP contribution in [-0.4, -0.2) is 6.54 Å². The van der Waals surface area contributed by atoms with Crippen LogP contribution >= 0.6 is 11.3 Å². The van der Waals surface area contributed by atoms with Crippen molar-refractivity contribution in [3.63, 3.8) is 0 Å². The highest BCUT2D eigenvalue weighted by Crippen LogP contribution is 2.26. The van der Waals surface area contributed by atoms with Crippen molar-refractivity contribution in [2.24, 2.45) is 5.41 Å². The molecule has 0 aliphatic heterocycles. The Balaban J connectivity index is 2.27. The molecule has 1 N–H and O–H groups in total. The van der Waals surface area contributed by atoms with Gasteiger partial charge in [0.15, 0.2) is 0 Å². The van der Waals surface area contributed by atoms with E-state index in [1.165, 1.54) is 15.3 Å². The Bertz CT molecular complexity index is 440. The maximum Gasteiger partial charge on any atom is 0.0683 e. The molecule has 3 heteroatoms. The van der Waals surface area contributed by atoms with Crippen LogP contribution in [0, 0.1) is 30.6 Å². The molecule has 1 unspecified atom stereocenters. The number of nitrogens with zero attached hydrogens (tertiary/aromatic N) is 1. The lowest BCUT2D eigenvalue weighted by Crippen LogP contribution is -2.20. The Hall–Kier alpha value is -0.850. The molecule has 1 aromatic rings. The van der Waals surface area contributed by atoms with Gasteiger partial charge >= 0.3 is 0 Å². The summed E-state index contributed by atoms with van der Waals surface area (Å²) in [6.45, 7) is 11.6. The lowest BCUT2D eigenvalue weighted by molar-refractivity contribution is 0.418. The Morgan fingerprint density at radius 3 is 2.58 bits per heavy atom. The van der Waals surface area contributed by atoms with Gasteiger partial charge in [0, 0.05) is 15.8 Å². The molecule has 1 atom stereocenters. The first kappa shape index (κ1) is 16.2. The van der Waals surface area contributed by atoms with Crippen molar-refractivity contribution < 1.29 is 0 Å². The van der Waals surface area contributed by atoms with E-state index < -0.39 is 0 Å². The van der Waals surface area contributed by atoms with Crippen molar-refractivity contribution in [1.29, 1.82) is 5.26 Å². The fourth-order valence-corrected chi connectivity index (χ4v) is 3.28. The van der Waals surface area contributed by atoms with E-state index in [1.54, 1.807) is 0 Å². The van der Waals surface area contributed by atoms with Crippen LogP contribution in [0.5, 0.6) is 0 Å². The Morgan fingerprint density at radius 1 is 1.37 bits per heavy atom. The van der Waals surface area contributed by atoms with E-state index in [-0.39, 0.29) is 5.41 Å². The minimum Gasteiger partial charge on any atom is -0.310 e. The van der Waals surface area contributed by atoms with Crippen molar-refractivity contribution >= 4 is 11.3 Å². The maximum atomic E-state index is 8.96. The fourth-order valence-electron chi connectivity index (χ4n) is 2.26. The number of nitriles is 1. The normalized spacial score (nSPS) is 13.3. The molecule has 0 amide bonds. The summed E-state index contributed by atoms with van der Waals surface area (Å²) in [5.41, 5.74) is 1.26. The summed E-state index contributed by atoms with van der Waals surface area (Å²) in [6.07, 6.45) is 3.23. The van der Waals surface area contributed by atoms with E-state index in [1.807, 2.05) is 25.2 Å². The number of rotatable bonds is 7. The average molecular weight is 278 g/mol. The predicted molar refractivity (Wildman–Crippen MR) is 83.5 cm³/mol. The first-order valence-electron chi connectivity index (χ1n) is 7.07. The van der Waals surface area contributed by atoms with Crippen LogP contribution in [0.4, 0.5) is 0 Å². The number of hydrogen-bond donors (Lipinski definition) is 1. The Labute approximate surface area is 121 Å². The molecule has 19 heavy (non-hydrogen) atoms. The molecular weight excluding hydrogens is 252 g/mol. The summed E-state index contributed by atoms with van der Waals surface area (Å²) in [6, 6.07) is 5.07. The van der Waals surface area contributed by atoms with E-state index in [2.05, 4.69) is 38.2 Å². The molecular formula is C16H26N2S. The van der Waals surface area contributed by atoms with Gasteiger partial charge in [0.05, 0.1) is 11.5 Å². The molecule has 0 aliphatic rings. The molecule has 0 aromatic carbocycles. The third-order valence-corrected chi connectivity index (χ3v) is 4.51. The number of thiophene rings is 1. The van der Waals surface area contributed by atoms with Gasteiger partial charge in [-0.25, -0.2) is 0 Å². The van der Waals surface area contributed by atoms with Crippen LogP contribution in [0.15, 0.2) is 6.07 Å². The third-order valence-electron chi connectivity index (χ3n) is 3.53. The largest absolute Gasteiger partial charge is 0.310 e. The van der Waals surface area contributed by atoms with Gasteiger partial charge in [-0.2, -0.15) is 5.26 Å². The van der Waals surface area contributed by atoms with Gasteiger partial charge in [0.25, 0.3) is 0 Å². The monoisotopic (exact) mass is 278 g/mol. The van der Waals surface area contributed by atoms with Gasteiger partial charge in [-0.15, -0.1) is 11.3 Å². The van der Waals surface area contributed by atoms with Gasteiger partial charge in [0.2, 0.25) is 0 Å². The van der Waals surface area contributed by atoms with E-state index in [9.17, 15) is 0 Å². The lowest BCUT2D eigenvalue weighted by Gasteiger charge is -2.16. The molecule has 1 heterocycles. The Kier molecular flexibility index (Phi) is 6.03. The van der Waals surface area contributed by atoms with Crippen LogP contribution in [0.25, 0.3) is 0 Å². The first-order chi connectivity index (χ1) is 8.85. The van der Waals surface area contributed by atoms with Gasteiger partial charge in [-0.05, 0) is 65.6 Å². The second-order valence-corrected chi connectivity index (χ2v) is 7.46. The first-order valence-corrected chi connectivity index (χ1v) is 7.89. The lowest BCUT2D eigenvalue weighted by atomic mass is 9.89. The van der Waals surface area contributed by atoms with Gasteiger partial charge < -0.3 is 5.32 Å². The number of nitrogens with one attached hydrogen (secondary N) is 1. The van der Waals surface area contributed by atoms with Crippen LogP contribution in [0.1, 0.15) is 61.4 Å². The zero-order valence-corrected chi connectivity index (χ0v) is 13.7. The molecule has 1 aromatic heterocycles. The summed E-state index contributed by atoms with van der Waals surface area (Å²) in [5.74, 6) is 0. The quantitative estimate of drug-likeness (QED) is 0.731. The molecule has 0 saturated carbocycles. The molecule has 2 nitrogen and oxygen atoms in total. The van der Waals surface area contributed by atoms with Crippen LogP contribution in [0.3, 0.4) is 0 Å². The number of hydrogen-bond acceptors (Lipinski definition) is 3. The van der Waals surface area contributed by atoms with E-state index in [0.29, 0.717) is 6.04 Å². The van der Waals surface area contributed by atoms with E-state index in [0.717, 1.165) is 25.8 Å². The van der Waals surface area contributed by atoms with Gasteiger partial charge in [-0.3, -0.25) is 0 Å². The van der Waals surface area contributed by atoms with Crippen molar-refractivity contribution in [2.45, 2.75) is 59.9 Å². The molecule has 0 radical (unpaired) electrons. The minimum absolute atomic E-state index is 0.174. The zero-order valence-electron chi connectivity index (χ0n) is 12.8. The predicted octanol–water partition coefficient (Wildman–Crippen LogP) is 4.74. The molecule has 0 bridgehead atoms.